The van der Waals surface area contributed by atoms with Gasteiger partial charge < -0.3 is 19.7 Å². The molecule has 122 valence electrons. The molecular formula is C16H13I2O5-. The number of aliphatic carboxylic acids is 1. The highest BCUT2D eigenvalue weighted by Crippen LogP contribution is 2.48. The third kappa shape index (κ3) is 3.21. The molecule has 1 fully saturated rings. The number of phenols is 1. The van der Waals surface area contributed by atoms with Crippen molar-refractivity contribution in [2.24, 2.45) is 23.7 Å². The van der Waals surface area contributed by atoms with E-state index in [1.165, 1.54) is 0 Å². The molecule has 0 saturated heterocycles. The maximum Gasteiger partial charge on any atom is 0.310 e. The molecule has 0 spiro atoms. The highest BCUT2D eigenvalue weighted by atomic mass is 127. The van der Waals surface area contributed by atoms with Gasteiger partial charge in [-0.25, -0.2) is 0 Å². The Morgan fingerprint density at radius 3 is 2.30 bits per heavy atom. The monoisotopic (exact) mass is 539 g/mol. The molecule has 0 amide bonds. The fourth-order valence-corrected chi connectivity index (χ4v) is 5.31. The number of esters is 1. The topological polar surface area (TPSA) is 86.7 Å². The standard InChI is InChI=1S/C16H14I2O5/c17-10-3-7(4-11(18)14(10)19)6-23-16(22)13-9-2-1-8(5-9)12(13)15(20)21/h1-4,8-9,12-13,19H,5-6H2,(H,20,21)/p-1. The fraction of sp³-hybridized carbons (Fsp3) is 0.375. The van der Waals surface area contributed by atoms with Crippen molar-refractivity contribution in [2.45, 2.75) is 13.0 Å². The largest absolute Gasteiger partial charge is 0.550 e. The van der Waals surface area contributed by atoms with Gasteiger partial charge in [-0.1, -0.05) is 12.2 Å². The van der Waals surface area contributed by atoms with Crippen LogP contribution in [0.25, 0.3) is 0 Å². The van der Waals surface area contributed by atoms with Gasteiger partial charge in [-0.3, -0.25) is 4.79 Å². The smallest absolute Gasteiger partial charge is 0.310 e. The van der Waals surface area contributed by atoms with Crippen molar-refractivity contribution in [1.82, 2.24) is 0 Å². The molecule has 5 nitrogen and oxygen atoms in total. The number of carbonyl (C=O) groups excluding carboxylic acids is 2. The molecule has 4 atom stereocenters. The molecule has 4 unspecified atom stereocenters. The summed E-state index contributed by atoms with van der Waals surface area (Å²) < 4.78 is 6.70. The SMILES string of the molecule is O=C([O-])C1C2C=CC(C2)C1C(=O)OCc1cc(I)c(O)c(I)c1. The van der Waals surface area contributed by atoms with Crippen molar-refractivity contribution < 1.29 is 24.5 Å². The van der Waals surface area contributed by atoms with Crippen LogP contribution in [0.3, 0.4) is 0 Å². The first-order chi connectivity index (χ1) is 10.9. The number of hydrogen-bond acceptors (Lipinski definition) is 5. The third-order valence-electron chi connectivity index (χ3n) is 4.46. The maximum atomic E-state index is 12.4. The summed E-state index contributed by atoms with van der Waals surface area (Å²) in [5.41, 5.74) is 0.758. The van der Waals surface area contributed by atoms with E-state index in [1.54, 1.807) is 12.1 Å². The number of allylic oxidation sites excluding steroid dienone is 2. The van der Waals surface area contributed by atoms with Crippen molar-refractivity contribution in [3.8, 4) is 5.75 Å². The van der Waals surface area contributed by atoms with Gasteiger partial charge in [0.2, 0.25) is 0 Å². The molecule has 1 aromatic rings. The van der Waals surface area contributed by atoms with E-state index in [0.717, 1.165) is 5.56 Å². The lowest BCUT2D eigenvalue weighted by molar-refractivity contribution is -0.314. The Hall–Kier alpha value is -0.840. The Morgan fingerprint density at radius 2 is 1.74 bits per heavy atom. The predicted octanol–water partition coefficient (Wildman–Crippen LogP) is 1.83. The highest BCUT2D eigenvalue weighted by Gasteiger charge is 2.49. The summed E-state index contributed by atoms with van der Waals surface area (Å²) in [6.07, 6.45) is 4.44. The molecule has 0 heterocycles. The second-order valence-electron chi connectivity index (χ2n) is 5.83. The van der Waals surface area contributed by atoms with Crippen LogP contribution in [-0.4, -0.2) is 17.0 Å². The number of carbonyl (C=O) groups is 2. The Balaban J connectivity index is 1.70. The van der Waals surface area contributed by atoms with E-state index in [2.05, 4.69) is 0 Å². The number of fused-ring (bicyclic) bond motifs is 2. The minimum atomic E-state index is -1.18. The highest BCUT2D eigenvalue weighted by molar-refractivity contribution is 14.1. The van der Waals surface area contributed by atoms with E-state index in [4.69, 9.17) is 4.74 Å². The number of carboxylic acid groups (broad SMARTS) is 1. The summed E-state index contributed by atoms with van der Waals surface area (Å²) in [5.74, 6) is -3.13. The van der Waals surface area contributed by atoms with Crippen LogP contribution in [0, 0.1) is 30.8 Å². The average molecular weight is 539 g/mol. The van der Waals surface area contributed by atoms with Crippen LogP contribution in [0.1, 0.15) is 12.0 Å². The maximum absolute atomic E-state index is 12.4. The number of halogens is 2. The van der Waals surface area contributed by atoms with Gasteiger partial charge in [0.05, 0.1) is 13.1 Å². The summed E-state index contributed by atoms with van der Waals surface area (Å²) in [6.45, 7) is 0.0580. The molecule has 1 N–H and O–H groups in total. The molecule has 2 bridgehead atoms. The lowest BCUT2D eigenvalue weighted by Gasteiger charge is -2.27. The summed E-state index contributed by atoms with van der Waals surface area (Å²) in [5, 5.41) is 21.1. The van der Waals surface area contributed by atoms with Crippen molar-refractivity contribution in [3.05, 3.63) is 37.0 Å². The van der Waals surface area contributed by atoms with E-state index in [9.17, 15) is 19.8 Å². The normalized spacial score (nSPS) is 28.1. The zero-order valence-electron chi connectivity index (χ0n) is 11.9. The average Bonchev–Trinajstić information content (AvgIpc) is 3.10. The number of ether oxygens (including phenoxy) is 1. The van der Waals surface area contributed by atoms with Crippen molar-refractivity contribution in [3.63, 3.8) is 0 Å². The van der Waals surface area contributed by atoms with E-state index < -0.39 is 23.8 Å². The van der Waals surface area contributed by atoms with Crippen molar-refractivity contribution in [1.29, 1.82) is 0 Å². The molecule has 0 radical (unpaired) electrons. The molecule has 0 aromatic heterocycles. The first-order valence-electron chi connectivity index (χ1n) is 7.11. The first-order valence-corrected chi connectivity index (χ1v) is 9.27. The number of aromatic hydroxyl groups is 1. The molecule has 1 aromatic carbocycles. The van der Waals surface area contributed by atoms with E-state index >= 15 is 0 Å². The van der Waals surface area contributed by atoms with Gasteiger partial charge in [0.15, 0.2) is 0 Å². The van der Waals surface area contributed by atoms with E-state index in [0.29, 0.717) is 13.6 Å². The summed E-state index contributed by atoms with van der Waals surface area (Å²) >= 11 is 4.01. The van der Waals surface area contributed by atoms with Crippen LogP contribution in [0.4, 0.5) is 0 Å². The fourth-order valence-electron chi connectivity index (χ4n) is 3.42. The third-order valence-corrected chi connectivity index (χ3v) is 6.11. The zero-order chi connectivity index (χ0) is 16.7. The van der Waals surface area contributed by atoms with Gasteiger partial charge in [-0.15, -0.1) is 0 Å². The molecular weight excluding hydrogens is 526 g/mol. The molecule has 7 heteroatoms. The number of rotatable bonds is 4. The Morgan fingerprint density at radius 1 is 1.17 bits per heavy atom. The molecule has 3 rings (SSSR count). The molecule has 23 heavy (non-hydrogen) atoms. The molecule has 2 aliphatic carbocycles. The van der Waals surface area contributed by atoms with Crippen LogP contribution >= 0.6 is 45.2 Å². The number of benzene rings is 1. The summed E-state index contributed by atoms with van der Waals surface area (Å²) in [6, 6.07) is 3.48. The number of carboxylic acids is 1. The van der Waals surface area contributed by atoms with Gasteiger partial charge in [0.25, 0.3) is 0 Å². The van der Waals surface area contributed by atoms with Gasteiger partial charge in [-0.05, 0) is 81.1 Å². The predicted molar refractivity (Wildman–Crippen MR) is 96.1 cm³/mol. The van der Waals surface area contributed by atoms with E-state index in [1.807, 2.05) is 57.3 Å². The van der Waals surface area contributed by atoms with Crippen LogP contribution in [-0.2, 0) is 20.9 Å². The number of phenolic OH excluding ortho intramolecular Hbond substituents is 1. The minimum absolute atomic E-state index is 0.0580. The van der Waals surface area contributed by atoms with Crippen LogP contribution < -0.4 is 5.11 Å². The van der Waals surface area contributed by atoms with Gasteiger partial charge in [0.1, 0.15) is 12.4 Å². The minimum Gasteiger partial charge on any atom is -0.550 e. The van der Waals surface area contributed by atoms with Crippen LogP contribution in [0.2, 0.25) is 0 Å². The Labute approximate surface area is 160 Å². The number of hydrogen-bond donors (Lipinski definition) is 1. The van der Waals surface area contributed by atoms with Gasteiger partial charge in [-0.2, -0.15) is 0 Å². The lowest BCUT2D eigenvalue weighted by Crippen LogP contribution is -2.41. The Bertz CT molecular complexity index is 677. The second-order valence-corrected chi connectivity index (χ2v) is 8.16. The van der Waals surface area contributed by atoms with Gasteiger partial charge >= 0.3 is 5.97 Å². The molecule has 2 aliphatic rings. The van der Waals surface area contributed by atoms with Crippen molar-refractivity contribution >= 4 is 57.1 Å². The second kappa shape index (κ2) is 6.58. The molecule has 0 aliphatic heterocycles. The molecule has 1 saturated carbocycles. The van der Waals surface area contributed by atoms with Gasteiger partial charge in [0, 0.05) is 11.9 Å². The summed E-state index contributed by atoms with van der Waals surface area (Å²) in [7, 11) is 0. The van der Waals surface area contributed by atoms with Crippen molar-refractivity contribution in [2.75, 3.05) is 0 Å². The zero-order valence-corrected chi connectivity index (χ0v) is 16.2. The first kappa shape index (κ1) is 17.0. The quantitative estimate of drug-likeness (QED) is 0.359. The summed E-state index contributed by atoms with van der Waals surface area (Å²) in [4.78, 5) is 23.7. The van der Waals surface area contributed by atoms with E-state index in [-0.39, 0.29) is 24.2 Å². The lowest BCUT2D eigenvalue weighted by atomic mass is 9.83. The Kier molecular flexibility index (Phi) is 4.86. The van der Waals surface area contributed by atoms with Crippen LogP contribution in [0.5, 0.6) is 5.75 Å². The van der Waals surface area contributed by atoms with Crippen LogP contribution in [0.15, 0.2) is 24.3 Å².